The molecule has 0 aliphatic rings. The fourth-order valence-electron chi connectivity index (χ4n) is 1.64. The first-order chi connectivity index (χ1) is 8.16. The van der Waals surface area contributed by atoms with Crippen molar-refractivity contribution in [1.29, 1.82) is 0 Å². The number of nitrogens with zero attached hydrogens (tertiary/aromatic N) is 4. The molecule has 0 spiro atoms. The topological polar surface area (TPSA) is 69.7 Å². The van der Waals surface area contributed by atoms with E-state index in [0.717, 1.165) is 29.8 Å². The molecular formula is C11H18N6. The maximum atomic E-state index is 4.25. The molecule has 2 N–H and O–H groups in total. The number of H-pyrrole nitrogens is 1. The van der Waals surface area contributed by atoms with E-state index in [4.69, 9.17) is 0 Å². The van der Waals surface area contributed by atoms with Crippen molar-refractivity contribution in [1.82, 2.24) is 25.1 Å². The molecular weight excluding hydrogens is 216 g/mol. The first-order valence-corrected chi connectivity index (χ1v) is 5.72. The Labute approximate surface area is 100 Å². The van der Waals surface area contributed by atoms with Crippen molar-refractivity contribution in [2.45, 2.75) is 19.4 Å². The van der Waals surface area contributed by atoms with Gasteiger partial charge in [-0.25, -0.2) is 9.97 Å². The lowest BCUT2D eigenvalue weighted by atomic mass is 10.2. The van der Waals surface area contributed by atoms with Crippen LogP contribution >= 0.6 is 0 Å². The number of aromatic nitrogens is 4. The number of hydrogen-bond donors (Lipinski definition) is 2. The van der Waals surface area contributed by atoms with Crippen LogP contribution in [0.4, 0.5) is 5.82 Å². The highest BCUT2D eigenvalue weighted by Crippen LogP contribution is 2.17. The molecule has 0 aliphatic carbocycles. The summed E-state index contributed by atoms with van der Waals surface area (Å²) in [5, 5.41) is 11.1. The van der Waals surface area contributed by atoms with Crippen molar-refractivity contribution >= 4 is 16.9 Å². The Kier molecular flexibility index (Phi) is 3.53. The zero-order valence-corrected chi connectivity index (χ0v) is 10.4. The van der Waals surface area contributed by atoms with Crippen molar-refractivity contribution in [3.63, 3.8) is 0 Å². The largest absolute Gasteiger partial charge is 0.367 e. The SMILES string of the molecule is CC(CCN(C)C)Nc1ncnc2[nH]ncc12. The summed E-state index contributed by atoms with van der Waals surface area (Å²) in [7, 11) is 4.15. The monoisotopic (exact) mass is 234 g/mol. The van der Waals surface area contributed by atoms with Gasteiger partial charge in [0.05, 0.1) is 11.6 Å². The fourth-order valence-corrected chi connectivity index (χ4v) is 1.64. The lowest BCUT2D eigenvalue weighted by molar-refractivity contribution is 0.390. The molecule has 0 saturated heterocycles. The second-order valence-corrected chi connectivity index (χ2v) is 4.49. The summed E-state index contributed by atoms with van der Waals surface area (Å²) >= 11 is 0. The van der Waals surface area contributed by atoms with Gasteiger partial charge in [-0.1, -0.05) is 0 Å². The second-order valence-electron chi connectivity index (χ2n) is 4.49. The first kappa shape index (κ1) is 11.8. The van der Waals surface area contributed by atoms with E-state index in [1.807, 2.05) is 0 Å². The maximum Gasteiger partial charge on any atom is 0.160 e. The van der Waals surface area contributed by atoms with Gasteiger partial charge in [0.1, 0.15) is 12.1 Å². The van der Waals surface area contributed by atoms with Gasteiger partial charge in [-0.2, -0.15) is 5.10 Å². The third kappa shape index (κ3) is 2.91. The van der Waals surface area contributed by atoms with Crippen LogP contribution in [-0.4, -0.2) is 51.7 Å². The van der Waals surface area contributed by atoms with Crippen molar-refractivity contribution in [2.75, 3.05) is 26.0 Å². The van der Waals surface area contributed by atoms with Crippen LogP contribution in [0.5, 0.6) is 0 Å². The van der Waals surface area contributed by atoms with Gasteiger partial charge in [0.25, 0.3) is 0 Å². The average Bonchev–Trinajstić information content (AvgIpc) is 2.75. The number of hydrogen-bond acceptors (Lipinski definition) is 5. The molecule has 0 fully saturated rings. The molecule has 0 saturated carbocycles. The molecule has 0 radical (unpaired) electrons. The van der Waals surface area contributed by atoms with Crippen LogP contribution in [0, 0.1) is 0 Å². The smallest absolute Gasteiger partial charge is 0.160 e. The van der Waals surface area contributed by atoms with E-state index in [1.165, 1.54) is 0 Å². The standard InChI is InChI=1S/C11H18N6/c1-8(4-5-17(2)3)15-10-9-6-14-16-11(9)13-7-12-10/h6-8H,4-5H2,1-3H3,(H2,12,13,14,15,16). The Bertz CT molecular complexity index is 478. The Morgan fingerprint density at radius 3 is 3.00 bits per heavy atom. The molecule has 0 aromatic carbocycles. The van der Waals surface area contributed by atoms with E-state index in [2.05, 4.69) is 51.4 Å². The number of rotatable bonds is 5. The molecule has 2 heterocycles. The maximum absolute atomic E-state index is 4.25. The number of nitrogens with one attached hydrogen (secondary N) is 2. The number of anilines is 1. The molecule has 17 heavy (non-hydrogen) atoms. The van der Waals surface area contributed by atoms with Gasteiger partial charge in [0.2, 0.25) is 0 Å². The van der Waals surface area contributed by atoms with Gasteiger partial charge in [-0.3, -0.25) is 5.10 Å². The molecule has 0 aliphatic heterocycles. The Hall–Kier alpha value is -1.69. The van der Waals surface area contributed by atoms with Crippen LogP contribution in [0.3, 0.4) is 0 Å². The van der Waals surface area contributed by atoms with Crippen LogP contribution < -0.4 is 5.32 Å². The van der Waals surface area contributed by atoms with Gasteiger partial charge in [0.15, 0.2) is 5.65 Å². The Morgan fingerprint density at radius 1 is 1.41 bits per heavy atom. The molecule has 2 aromatic heterocycles. The summed E-state index contributed by atoms with van der Waals surface area (Å²) in [6.45, 7) is 3.20. The zero-order valence-electron chi connectivity index (χ0n) is 10.4. The van der Waals surface area contributed by atoms with E-state index in [-0.39, 0.29) is 0 Å². The minimum absolute atomic E-state index is 0.366. The highest BCUT2D eigenvalue weighted by atomic mass is 15.2. The lowest BCUT2D eigenvalue weighted by Gasteiger charge is -2.17. The first-order valence-electron chi connectivity index (χ1n) is 5.72. The van der Waals surface area contributed by atoms with Crippen molar-refractivity contribution in [3.05, 3.63) is 12.5 Å². The van der Waals surface area contributed by atoms with Crippen LogP contribution in [0.1, 0.15) is 13.3 Å². The quantitative estimate of drug-likeness (QED) is 0.811. The summed E-state index contributed by atoms with van der Waals surface area (Å²) in [5.74, 6) is 0.843. The predicted molar refractivity (Wildman–Crippen MR) is 67.9 cm³/mol. The second kappa shape index (κ2) is 5.09. The highest BCUT2D eigenvalue weighted by molar-refractivity contribution is 5.85. The fraction of sp³-hybridized carbons (Fsp3) is 0.545. The zero-order chi connectivity index (χ0) is 12.3. The molecule has 92 valence electrons. The summed E-state index contributed by atoms with van der Waals surface area (Å²) in [6.07, 6.45) is 4.36. The van der Waals surface area contributed by atoms with Crippen molar-refractivity contribution in [2.24, 2.45) is 0 Å². The van der Waals surface area contributed by atoms with Gasteiger partial charge >= 0.3 is 0 Å². The third-order valence-corrected chi connectivity index (χ3v) is 2.64. The van der Waals surface area contributed by atoms with Gasteiger partial charge < -0.3 is 10.2 Å². The van der Waals surface area contributed by atoms with Gasteiger partial charge in [0, 0.05) is 6.04 Å². The van der Waals surface area contributed by atoms with E-state index in [1.54, 1.807) is 12.5 Å². The molecule has 6 nitrogen and oxygen atoms in total. The van der Waals surface area contributed by atoms with E-state index in [9.17, 15) is 0 Å². The minimum atomic E-state index is 0.366. The van der Waals surface area contributed by atoms with E-state index < -0.39 is 0 Å². The molecule has 1 unspecified atom stereocenters. The molecule has 0 bridgehead atoms. The van der Waals surface area contributed by atoms with Crippen LogP contribution in [0.25, 0.3) is 11.0 Å². The highest BCUT2D eigenvalue weighted by Gasteiger charge is 2.08. The Balaban J connectivity index is 2.05. The molecule has 0 amide bonds. The molecule has 6 heteroatoms. The summed E-state index contributed by atoms with van der Waals surface area (Å²) < 4.78 is 0. The van der Waals surface area contributed by atoms with Gasteiger partial charge in [-0.05, 0) is 34.0 Å². The number of fused-ring (bicyclic) bond motifs is 1. The molecule has 1 atom stereocenters. The van der Waals surface area contributed by atoms with Crippen molar-refractivity contribution < 1.29 is 0 Å². The molecule has 2 rings (SSSR count). The number of aromatic amines is 1. The van der Waals surface area contributed by atoms with E-state index >= 15 is 0 Å². The van der Waals surface area contributed by atoms with Gasteiger partial charge in [-0.15, -0.1) is 0 Å². The lowest BCUT2D eigenvalue weighted by Crippen LogP contribution is -2.23. The van der Waals surface area contributed by atoms with Crippen molar-refractivity contribution in [3.8, 4) is 0 Å². The Morgan fingerprint density at radius 2 is 2.24 bits per heavy atom. The third-order valence-electron chi connectivity index (χ3n) is 2.64. The molecule has 2 aromatic rings. The normalized spacial score (nSPS) is 13.2. The summed E-state index contributed by atoms with van der Waals surface area (Å²) in [5.41, 5.74) is 0.766. The van der Waals surface area contributed by atoms with E-state index in [0.29, 0.717) is 6.04 Å². The van der Waals surface area contributed by atoms with Crippen LogP contribution in [0.2, 0.25) is 0 Å². The summed E-state index contributed by atoms with van der Waals surface area (Å²) in [6, 6.07) is 0.366. The minimum Gasteiger partial charge on any atom is -0.367 e. The average molecular weight is 234 g/mol. The van der Waals surface area contributed by atoms with Crippen LogP contribution in [0.15, 0.2) is 12.5 Å². The predicted octanol–water partition coefficient (Wildman–Crippen LogP) is 1.10. The van der Waals surface area contributed by atoms with Crippen LogP contribution in [-0.2, 0) is 0 Å². The summed E-state index contributed by atoms with van der Waals surface area (Å²) in [4.78, 5) is 10.5.